The number of rotatable bonds is 2. The van der Waals surface area contributed by atoms with Crippen molar-refractivity contribution in [1.82, 2.24) is 0 Å². The van der Waals surface area contributed by atoms with E-state index in [-0.39, 0.29) is 5.57 Å². The summed E-state index contributed by atoms with van der Waals surface area (Å²) in [5.41, 5.74) is -0.0718. The lowest BCUT2D eigenvalue weighted by Crippen LogP contribution is -2.02. The summed E-state index contributed by atoms with van der Waals surface area (Å²) in [5, 5.41) is 0. The summed E-state index contributed by atoms with van der Waals surface area (Å²) in [6.07, 6.45) is -2.05. The predicted molar refractivity (Wildman–Crippen MR) is 31.8 cm³/mol. The van der Waals surface area contributed by atoms with Gasteiger partial charge >= 0.3 is 5.97 Å². The third kappa shape index (κ3) is 3.17. The van der Waals surface area contributed by atoms with Gasteiger partial charge in [0.05, 0.1) is 7.11 Å². The number of ether oxygens (including phenoxy) is 1. The van der Waals surface area contributed by atoms with E-state index >= 15 is 0 Å². The van der Waals surface area contributed by atoms with Gasteiger partial charge in [0.2, 0.25) is 0 Å². The highest BCUT2D eigenvalue weighted by molar-refractivity contribution is 5.87. The van der Waals surface area contributed by atoms with Crippen molar-refractivity contribution >= 4 is 5.97 Å². The maximum atomic E-state index is 11.5. The number of hydrogen-bond acceptors (Lipinski definition) is 2. The van der Waals surface area contributed by atoms with E-state index < -0.39 is 12.4 Å². The Kier molecular flexibility index (Phi) is 3.61. The molecular formula is C6H8F2O2. The minimum Gasteiger partial charge on any atom is -0.466 e. The molecule has 0 fully saturated rings. The molecule has 0 aliphatic heterocycles. The number of carbonyl (C=O) groups excluding carboxylic acids is 1. The monoisotopic (exact) mass is 150 g/mol. The van der Waals surface area contributed by atoms with E-state index in [0.717, 1.165) is 7.11 Å². The van der Waals surface area contributed by atoms with Gasteiger partial charge in [-0.15, -0.1) is 0 Å². The molecular weight excluding hydrogens is 142 g/mol. The van der Waals surface area contributed by atoms with Gasteiger partial charge in [-0.2, -0.15) is 0 Å². The van der Waals surface area contributed by atoms with E-state index in [1.807, 2.05) is 0 Å². The molecule has 0 radical (unpaired) electrons. The first-order valence-corrected chi connectivity index (χ1v) is 2.62. The van der Waals surface area contributed by atoms with Crippen LogP contribution in [0.3, 0.4) is 0 Å². The van der Waals surface area contributed by atoms with Crippen molar-refractivity contribution in [3.63, 3.8) is 0 Å². The van der Waals surface area contributed by atoms with Gasteiger partial charge in [-0.25, -0.2) is 13.6 Å². The number of carbonyl (C=O) groups is 1. The lowest BCUT2D eigenvalue weighted by Gasteiger charge is -1.96. The fourth-order valence-corrected chi connectivity index (χ4v) is 0.418. The van der Waals surface area contributed by atoms with Crippen LogP contribution in [0.4, 0.5) is 8.78 Å². The maximum Gasteiger partial charge on any atom is 0.333 e. The minimum absolute atomic E-state index is 0.0718. The molecule has 0 aliphatic carbocycles. The van der Waals surface area contributed by atoms with Gasteiger partial charge in [-0.05, 0) is 13.0 Å². The minimum atomic E-state index is -2.60. The maximum absolute atomic E-state index is 11.5. The highest BCUT2D eigenvalue weighted by atomic mass is 19.3. The van der Waals surface area contributed by atoms with Crippen LogP contribution in [0.15, 0.2) is 11.6 Å². The Bertz CT molecular complexity index is 152. The second-order valence-corrected chi connectivity index (χ2v) is 1.68. The molecule has 0 unspecified atom stereocenters. The molecule has 0 N–H and O–H groups in total. The summed E-state index contributed by atoms with van der Waals surface area (Å²) in [5.74, 6) is -0.722. The second-order valence-electron chi connectivity index (χ2n) is 1.68. The molecule has 2 nitrogen and oxygen atoms in total. The van der Waals surface area contributed by atoms with Gasteiger partial charge in [0.15, 0.2) is 0 Å². The number of alkyl halides is 2. The Morgan fingerprint density at radius 3 is 2.40 bits per heavy atom. The van der Waals surface area contributed by atoms with Gasteiger partial charge in [0.25, 0.3) is 6.43 Å². The summed E-state index contributed by atoms with van der Waals surface area (Å²) >= 11 is 0. The number of halogens is 2. The van der Waals surface area contributed by atoms with E-state index in [1.165, 1.54) is 6.92 Å². The van der Waals surface area contributed by atoms with Crippen molar-refractivity contribution in [1.29, 1.82) is 0 Å². The fraction of sp³-hybridized carbons (Fsp3) is 0.500. The second kappa shape index (κ2) is 3.98. The molecule has 0 heterocycles. The number of allylic oxidation sites excluding steroid dienone is 1. The molecule has 0 spiro atoms. The summed E-state index contributed by atoms with van der Waals surface area (Å²) in [4.78, 5) is 10.4. The van der Waals surface area contributed by atoms with Crippen molar-refractivity contribution in [3.05, 3.63) is 11.6 Å². The molecule has 10 heavy (non-hydrogen) atoms. The largest absolute Gasteiger partial charge is 0.466 e. The number of hydrogen-bond donors (Lipinski definition) is 0. The third-order valence-electron chi connectivity index (χ3n) is 0.883. The van der Waals surface area contributed by atoms with E-state index in [4.69, 9.17) is 0 Å². The van der Waals surface area contributed by atoms with Crippen LogP contribution in [0.5, 0.6) is 0 Å². The molecule has 0 aliphatic rings. The SMILES string of the molecule is COC(=O)C(C)=CC(F)F. The molecule has 0 aromatic heterocycles. The molecule has 0 atom stereocenters. The van der Waals surface area contributed by atoms with Gasteiger partial charge in [0.1, 0.15) is 0 Å². The Hall–Kier alpha value is -0.930. The predicted octanol–water partition coefficient (Wildman–Crippen LogP) is 1.37. The van der Waals surface area contributed by atoms with Crippen molar-refractivity contribution < 1.29 is 18.3 Å². The van der Waals surface area contributed by atoms with Crippen molar-refractivity contribution in [2.45, 2.75) is 13.3 Å². The highest BCUT2D eigenvalue weighted by Crippen LogP contribution is 2.01. The summed E-state index contributed by atoms with van der Waals surface area (Å²) in [7, 11) is 1.14. The third-order valence-corrected chi connectivity index (χ3v) is 0.883. The van der Waals surface area contributed by atoms with Crippen LogP contribution in [0.1, 0.15) is 6.92 Å². The molecule has 0 saturated carbocycles. The number of esters is 1. The van der Waals surface area contributed by atoms with E-state index in [0.29, 0.717) is 6.08 Å². The van der Waals surface area contributed by atoms with Gasteiger partial charge in [-0.1, -0.05) is 0 Å². The quantitative estimate of drug-likeness (QED) is 0.439. The fourth-order valence-electron chi connectivity index (χ4n) is 0.418. The van der Waals surface area contributed by atoms with Gasteiger partial charge < -0.3 is 4.74 Å². The molecule has 0 aromatic carbocycles. The average Bonchev–Trinajstić information content (AvgIpc) is 1.85. The summed E-state index contributed by atoms with van der Waals surface area (Å²) in [6.45, 7) is 1.28. The molecule has 0 saturated heterocycles. The van der Waals surface area contributed by atoms with E-state index in [1.54, 1.807) is 0 Å². The molecule has 0 aromatic rings. The van der Waals surface area contributed by atoms with Crippen LogP contribution < -0.4 is 0 Å². The van der Waals surface area contributed by atoms with Gasteiger partial charge in [-0.3, -0.25) is 0 Å². The first-order chi connectivity index (χ1) is 4.57. The van der Waals surface area contributed by atoms with Crippen LogP contribution in [-0.2, 0) is 9.53 Å². The number of methoxy groups -OCH3 is 1. The lowest BCUT2D eigenvalue weighted by atomic mass is 10.3. The standard InChI is InChI=1S/C6H8F2O2/c1-4(3-5(7)8)6(9)10-2/h3,5H,1-2H3. The molecule has 0 rings (SSSR count). The van der Waals surface area contributed by atoms with Crippen LogP contribution >= 0.6 is 0 Å². The van der Waals surface area contributed by atoms with Crippen molar-refractivity contribution in [2.24, 2.45) is 0 Å². The van der Waals surface area contributed by atoms with Gasteiger partial charge in [0, 0.05) is 5.57 Å². The van der Waals surface area contributed by atoms with E-state index in [2.05, 4.69) is 4.74 Å². The Morgan fingerprint density at radius 1 is 1.60 bits per heavy atom. The van der Waals surface area contributed by atoms with Crippen LogP contribution in [0.25, 0.3) is 0 Å². The van der Waals surface area contributed by atoms with Crippen molar-refractivity contribution in [2.75, 3.05) is 7.11 Å². The molecule has 0 bridgehead atoms. The Balaban J connectivity index is 4.05. The van der Waals surface area contributed by atoms with Crippen LogP contribution in [0.2, 0.25) is 0 Å². The molecule has 4 heteroatoms. The van der Waals surface area contributed by atoms with E-state index in [9.17, 15) is 13.6 Å². The first-order valence-electron chi connectivity index (χ1n) is 2.62. The Morgan fingerprint density at radius 2 is 2.10 bits per heavy atom. The summed E-state index contributed by atoms with van der Waals surface area (Å²) < 4.78 is 27.2. The zero-order chi connectivity index (χ0) is 8.15. The lowest BCUT2D eigenvalue weighted by molar-refractivity contribution is -0.136. The smallest absolute Gasteiger partial charge is 0.333 e. The average molecular weight is 150 g/mol. The summed E-state index contributed by atoms with van der Waals surface area (Å²) in [6, 6.07) is 0. The Labute approximate surface area is 57.5 Å². The highest BCUT2D eigenvalue weighted by Gasteiger charge is 2.05. The van der Waals surface area contributed by atoms with Crippen molar-refractivity contribution in [3.8, 4) is 0 Å². The molecule has 58 valence electrons. The first kappa shape index (κ1) is 9.07. The normalized spacial score (nSPS) is 11.9. The van der Waals surface area contributed by atoms with Crippen LogP contribution in [-0.4, -0.2) is 19.5 Å². The zero-order valence-corrected chi connectivity index (χ0v) is 5.73. The van der Waals surface area contributed by atoms with Crippen LogP contribution in [0, 0.1) is 0 Å². The molecule has 0 amide bonds. The topological polar surface area (TPSA) is 26.3 Å². The zero-order valence-electron chi connectivity index (χ0n) is 5.73.